The van der Waals surface area contributed by atoms with Crippen molar-refractivity contribution in [1.82, 2.24) is 9.80 Å². The highest BCUT2D eigenvalue weighted by Gasteiger charge is 2.41. The molecular weight excluding hydrogens is 302 g/mol. The second kappa shape index (κ2) is 6.93. The summed E-state index contributed by atoms with van der Waals surface area (Å²) < 4.78 is 0. The highest BCUT2D eigenvalue weighted by Crippen LogP contribution is 2.39. The lowest BCUT2D eigenvalue weighted by Crippen LogP contribution is -2.51. The van der Waals surface area contributed by atoms with Crippen LogP contribution in [0.25, 0.3) is 0 Å². The predicted octanol–water partition coefficient (Wildman–Crippen LogP) is 2.04. The molecule has 2 aliphatic rings. The molecule has 1 saturated carbocycles. The third-order valence-corrected chi connectivity index (χ3v) is 5.36. The highest BCUT2D eigenvalue weighted by atomic mass is 16.2. The Labute approximate surface area is 144 Å². The maximum absolute atomic E-state index is 12.3. The van der Waals surface area contributed by atoms with E-state index in [2.05, 4.69) is 17.1 Å². The Bertz CT molecular complexity index is 635. The Morgan fingerprint density at radius 3 is 2.46 bits per heavy atom. The van der Waals surface area contributed by atoms with Crippen molar-refractivity contribution in [3.8, 4) is 0 Å². The fourth-order valence-corrected chi connectivity index (χ4v) is 3.31. The van der Waals surface area contributed by atoms with Gasteiger partial charge in [-0.1, -0.05) is 19.1 Å². The standard InChI is InChI=1S/C19H27N3O2/c1-13-5-4-6-17(15(13)3)20-18(23)12-21-7-9-22(10-8-21)19(24)16-11-14(16)2/h4-6,14,16H,7-12H2,1-3H3,(H,20,23). The van der Waals surface area contributed by atoms with Crippen LogP contribution in [-0.4, -0.2) is 54.3 Å². The van der Waals surface area contributed by atoms with Crippen LogP contribution in [0, 0.1) is 25.7 Å². The zero-order valence-electron chi connectivity index (χ0n) is 14.8. The molecule has 130 valence electrons. The number of carbonyl (C=O) groups is 2. The first-order valence-corrected chi connectivity index (χ1v) is 8.83. The lowest BCUT2D eigenvalue weighted by atomic mass is 10.1. The normalized spacial score (nSPS) is 23.9. The number of rotatable bonds is 4. The molecule has 1 aliphatic heterocycles. The van der Waals surface area contributed by atoms with Gasteiger partial charge in [-0.25, -0.2) is 0 Å². The van der Waals surface area contributed by atoms with E-state index in [4.69, 9.17) is 0 Å². The van der Waals surface area contributed by atoms with E-state index >= 15 is 0 Å². The van der Waals surface area contributed by atoms with Gasteiger partial charge >= 0.3 is 0 Å². The molecule has 2 atom stereocenters. The van der Waals surface area contributed by atoms with Gasteiger partial charge in [-0.2, -0.15) is 0 Å². The fourth-order valence-electron chi connectivity index (χ4n) is 3.31. The molecule has 0 aromatic heterocycles. The van der Waals surface area contributed by atoms with Crippen molar-refractivity contribution in [2.75, 3.05) is 38.0 Å². The number of aryl methyl sites for hydroxylation is 1. The zero-order valence-corrected chi connectivity index (χ0v) is 14.8. The van der Waals surface area contributed by atoms with Gasteiger partial charge in [0.15, 0.2) is 0 Å². The van der Waals surface area contributed by atoms with Crippen molar-refractivity contribution < 1.29 is 9.59 Å². The smallest absolute Gasteiger partial charge is 0.238 e. The van der Waals surface area contributed by atoms with Gasteiger partial charge in [-0.3, -0.25) is 14.5 Å². The van der Waals surface area contributed by atoms with Crippen LogP contribution < -0.4 is 5.32 Å². The summed E-state index contributed by atoms with van der Waals surface area (Å²) >= 11 is 0. The van der Waals surface area contributed by atoms with Crippen LogP contribution in [0.4, 0.5) is 5.69 Å². The summed E-state index contributed by atoms with van der Waals surface area (Å²) in [5, 5.41) is 3.01. The fraction of sp³-hybridized carbons (Fsp3) is 0.579. The maximum atomic E-state index is 12.3. The molecule has 3 rings (SSSR count). The Morgan fingerprint density at radius 2 is 1.83 bits per heavy atom. The van der Waals surface area contributed by atoms with Gasteiger partial charge in [0.25, 0.3) is 0 Å². The van der Waals surface area contributed by atoms with Crippen LogP contribution in [0.15, 0.2) is 18.2 Å². The number of nitrogens with one attached hydrogen (secondary N) is 1. The van der Waals surface area contributed by atoms with Gasteiger partial charge in [0, 0.05) is 37.8 Å². The minimum atomic E-state index is 0.0132. The number of hydrogen-bond donors (Lipinski definition) is 1. The number of carbonyl (C=O) groups excluding carboxylic acids is 2. The van der Waals surface area contributed by atoms with Gasteiger partial charge in [-0.15, -0.1) is 0 Å². The quantitative estimate of drug-likeness (QED) is 0.920. The van der Waals surface area contributed by atoms with Crippen molar-refractivity contribution in [3.63, 3.8) is 0 Å². The Balaban J connectivity index is 1.46. The summed E-state index contributed by atoms with van der Waals surface area (Å²) in [6.45, 7) is 9.60. The van der Waals surface area contributed by atoms with Crippen LogP contribution in [0.2, 0.25) is 0 Å². The minimum Gasteiger partial charge on any atom is -0.340 e. The number of piperazine rings is 1. The first kappa shape index (κ1) is 17.0. The summed E-state index contributed by atoms with van der Waals surface area (Å²) in [4.78, 5) is 28.6. The molecule has 0 spiro atoms. The van der Waals surface area contributed by atoms with Gasteiger partial charge in [0.2, 0.25) is 11.8 Å². The lowest BCUT2D eigenvalue weighted by Gasteiger charge is -2.34. The number of amides is 2. The Kier molecular flexibility index (Phi) is 4.90. The summed E-state index contributed by atoms with van der Waals surface area (Å²) in [6.07, 6.45) is 1.04. The van der Waals surface area contributed by atoms with Crippen molar-refractivity contribution in [2.45, 2.75) is 27.2 Å². The molecule has 1 saturated heterocycles. The third kappa shape index (κ3) is 3.78. The summed E-state index contributed by atoms with van der Waals surface area (Å²) in [7, 11) is 0. The molecule has 0 bridgehead atoms. The minimum absolute atomic E-state index is 0.0132. The molecule has 5 heteroatoms. The maximum Gasteiger partial charge on any atom is 0.238 e. The summed E-state index contributed by atoms with van der Waals surface area (Å²) in [5.41, 5.74) is 3.17. The molecule has 1 heterocycles. The number of nitrogens with zero attached hydrogens (tertiary/aromatic N) is 2. The molecular formula is C19H27N3O2. The molecule has 2 amide bonds. The van der Waals surface area contributed by atoms with Crippen LogP contribution in [0.5, 0.6) is 0 Å². The SMILES string of the molecule is Cc1cccc(NC(=O)CN2CCN(C(=O)C3CC3C)CC2)c1C. The topological polar surface area (TPSA) is 52.7 Å². The largest absolute Gasteiger partial charge is 0.340 e. The second-order valence-electron chi connectivity index (χ2n) is 7.22. The molecule has 24 heavy (non-hydrogen) atoms. The van der Waals surface area contributed by atoms with Gasteiger partial charge in [0.1, 0.15) is 0 Å². The zero-order chi connectivity index (χ0) is 17.3. The monoisotopic (exact) mass is 329 g/mol. The van der Waals surface area contributed by atoms with Crippen molar-refractivity contribution in [3.05, 3.63) is 29.3 Å². The van der Waals surface area contributed by atoms with Crippen LogP contribution in [-0.2, 0) is 9.59 Å². The van der Waals surface area contributed by atoms with Gasteiger partial charge in [0.05, 0.1) is 6.54 Å². The Morgan fingerprint density at radius 1 is 1.17 bits per heavy atom. The van der Waals surface area contributed by atoms with E-state index in [1.807, 2.05) is 36.9 Å². The third-order valence-electron chi connectivity index (χ3n) is 5.36. The summed E-state index contributed by atoms with van der Waals surface area (Å²) in [6, 6.07) is 5.94. The first-order chi connectivity index (χ1) is 11.5. The molecule has 1 aromatic carbocycles. The van der Waals surface area contributed by atoms with E-state index in [9.17, 15) is 9.59 Å². The van der Waals surface area contributed by atoms with E-state index in [0.717, 1.165) is 43.9 Å². The molecule has 1 aliphatic carbocycles. The first-order valence-electron chi connectivity index (χ1n) is 8.83. The highest BCUT2D eigenvalue weighted by molar-refractivity contribution is 5.93. The number of benzene rings is 1. The molecule has 2 unspecified atom stereocenters. The summed E-state index contributed by atoms with van der Waals surface area (Å²) in [5.74, 6) is 1.13. The molecule has 1 aromatic rings. The number of anilines is 1. The average Bonchev–Trinajstić information content (AvgIpc) is 3.29. The van der Waals surface area contributed by atoms with Gasteiger partial charge < -0.3 is 10.2 Å². The van der Waals surface area contributed by atoms with Crippen molar-refractivity contribution in [1.29, 1.82) is 0 Å². The van der Waals surface area contributed by atoms with Crippen LogP contribution >= 0.6 is 0 Å². The predicted molar refractivity (Wildman–Crippen MR) is 94.8 cm³/mol. The van der Waals surface area contributed by atoms with E-state index < -0.39 is 0 Å². The van der Waals surface area contributed by atoms with Crippen molar-refractivity contribution in [2.24, 2.45) is 11.8 Å². The number of hydrogen-bond acceptors (Lipinski definition) is 3. The molecule has 5 nitrogen and oxygen atoms in total. The van der Waals surface area contributed by atoms with Gasteiger partial charge in [-0.05, 0) is 43.4 Å². The molecule has 2 fully saturated rings. The second-order valence-corrected chi connectivity index (χ2v) is 7.22. The van der Waals surface area contributed by atoms with Crippen molar-refractivity contribution >= 4 is 17.5 Å². The van der Waals surface area contributed by atoms with Crippen LogP contribution in [0.3, 0.4) is 0 Å². The molecule has 0 radical (unpaired) electrons. The Hall–Kier alpha value is -1.88. The average molecular weight is 329 g/mol. The van der Waals surface area contributed by atoms with E-state index in [1.165, 1.54) is 5.56 Å². The van der Waals surface area contributed by atoms with Crippen LogP contribution in [0.1, 0.15) is 24.5 Å². The van der Waals surface area contributed by atoms with E-state index in [1.54, 1.807) is 0 Å². The van der Waals surface area contributed by atoms with E-state index in [0.29, 0.717) is 18.4 Å². The lowest BCUT2D eigenvalue weighted by molar-refractivity contribution is -0.134. The van der Waals surface area contributed by atoms with E-state index in [-0.39, 0.29) is 11.8 Å². The molecule has 1 N–H and O–H groups in total.